The number of amides is 2. The normalized spacial score (nSPS) is 14.2. The Hall–Kier alpha value is -4.19. The lowest BCUT2D eigenvalue weighted by Crippen LogP contribution is -2.61. The molecule has 2 N–H and O–H groups in total. The van der Waals surface area contributed by atoms with Gasteiger partial charge in [0.1, 0.15) is 0 Å². The highest BCUT2D eigenvalue weighted by Crippen LogP contribution is 2.33. The second-order valence-electron chi connectivity index (χ2n) is 8.16. The Balaban J connectivity index is 1.52. The molecule has 1 aliphatic rings. The number of nitrogens with zero attached hydrogens (tertiary/aromatic N) is 5. The number of carbonyl (C=O) groups excluding carboxylic acids is 2. The van der Waals surface area contributed by atoms with Gasteiger partial charge in [0.05, 0.1) is 23.7 Å². The van der Waals surface area contributed by atoms with Crippen LogP contribution in [0.2, 0.25) is 0 Å². The Labute approximate surface area is 192 Å². The van der Waals surface area contributed by atoms with Crippen LogP contribution in [0.1, 0.15) is 29.3 Å². The number of nitrogens with one attached hydrogen (secondary N) is 2. The van der Waals surface area contributed by atoms with Gasteiger partial charge in [-0.05, 0) is 49.7 Å². The largest absolute Gasteiger partial charge is 0.352 e. The van der Waals surface area contributed by atoms with E-state index >= 15 is 0 Å². The summed E-state index contributed by atoms with van der Waals surface area (Å²) in [6.45, 7) is 5.38. The molecule has 9 heteroatoms. The molecule has 3 heterocycles. The van der Waals surface area contributed by atoms with E-state index in [1.54, 1.807) is 17.2 Å². The van der Waals surface area contributed by atoms with Crippen molar-refractivity contribution < 1.29 is 9.59 Å². The second-order valence-corrected chi connectivity index (χ2v) is 8.16. The molecule has 2 aromatic heterocycles. The molecule has 0 aliphatic carbocycles. The Morgan fingerprint density at radius 3 is 2.82 bits per heavy atom. The van der Waals surface area contributed by atoms with Crippen LogP contribution in [0.15, 0.2) is 48.9 Å². The maximum absolute atomic E-state index is 12.1. The van der Waals surface area contributed by atoms with Gasteiger partial charge in [-0.15, -0.1) is 0 Å². The van der Waals surface area contributed by atoms with E-state index in [2.05, 4.69) is 26.7 Å². The molecule has 0 spiro atoms. The Bertz CT molecular complexity index is 1220. The van der Waals surface area contributed by atoms with Gasteiger partial charge in [-0.2, -0.15) is 5.26 Å². The number of hydrogen-bond donors (Lipinski definition) is 2. The van der Waals surface area contributed by atoms with Crippen LogP contribution in [-0.4, -0.2) is 51.4 Å². The van der Waals surface area contributed by atoms with E-state index in [1.807, 2.05) is 55.1 Å². The number of hydrogen-bond acceptors (Lipinski definition) is 6. The Morgan fingerprint density at radius 1 is 1.30 bits per heavy atom. The fraction of sp³-hybridized carbons (Fsp3) is 0.292. The van der Waals surface area contributed by atoms with Gasteiger partial charge < -0.3 is 20.1 Å². The quantitative estimate of drug-likeness (QED) is 0.517. The van der Waals surface area contributed by atoms with E-state index in [0.717, 1.165) is 28.9 Å². The molecule has 0 atom stereocenters. The van der Waals surface area contributed by atoms with Crippen molar-refractivity contribution in [2.45, 2.75) is 25.8 Å². The highest BCUT2D eigenvalue weighted by Gasteiger charge is 2.43. The predicted molar refractivity (Wildman–Crippen MR) is 124 cm³/mol. The van der Waals surface area contributed by atoms with Crippen molar-refractivity contribution in [3.63, 3.8) is 0 Å². The molecule has 1 aliphatic heterocycles. The maximum atomic E-state index is 12.1. The lowest BCUT2D eigenvalue weighted by atomic mass is 9.87. The third-order valence-corrected chi connectivity index (χ3v) is 5.81. The standard InChI is InChI=1S/C24H25N7O2/c1-3-26-22(33)20-5-4-19(12-17(20)2)28-23-27-10-6-21(29-23)18-7-11-31(13-18)24(8-9-25)14-30(15-24)16-32/h4-7,10-13,16H,3,8,14-15H2,1-2H3,(H,26,33)(H,27,28,29). The Morgan fingerprint density at radius 2 is 2.12 bits per heavy atom. The maximum Gasteiger partial charge on any atom is 0.251 e. The summed E-state index contributed by atoms with van der Waals surface area (Å²) < 4.78 is 2.00. The van der Waals surface area contributed by atoms with Crippen LogP contribution >= 0.6 is 0 Å². The summed E-state index contributed by atoms with van der Waals surface area (Å²) in [6, 6.07) is 11.5. The predicted octanol–water partition coefficient (Wildman–Crippen LogP) is 2.83. The number of carbonyl (C=O) groups is 2. The molecule has 0 bridgehead atoms. The zero-order valence-corrected chi connectivity index (χ0v) is 18.6. The van der Waals surface area contributed by atoms with E-state index < -0.39 is 5.54 Å². The van der Waals surface area contributed by atoms with E-state index in [1.165, 1.54) is 0 Å². The summed E-state index contributed by atoms with van der Waals surface area (Å²) in [5, 5.41) is 15.3. The molecule has 0 unspecified atom stereocenters. The first-order valence-corrected chi connectivity index (χ1v) is 10.7. The van der Waals surface area contributed by atoms with Gasteiger partial charge in [-0.25, -0.2) is 9.97 Å². The summed E-state index contributed by atoms with van der Waals surface area (Å²) in [5.41, 5.74) is 3.50. The summed E-state index contributed by atoms with van der Waals surface area (Å²) in [7, 11) is 0. The SMILES string of the molecule is CCNC(=O)c1ccc(Nc2nccc(-c3ccn(C4(CC#N)CN(C=O)C4)c3)n2)cc1C. The minimum absolute atomic E-state index is 0.0961. The number of nitriles is 1. The minimum Gasteiger partial charge on any atom is -0.352 e. The van der Waals surface area contributed by atoms with E-state index in [9.17, 15) is 14.9 Å². The number of aromatic nitrogens is 3. The summed E-state index contributed by atoms with van der Waals surface area (Å²) in [6.07, 6.45) is 6.70. The first-order valence-electron chi connectivity index (χ1n) is 10.7. The topological polar surface area (TPSA) is 116 Å². The minimum atomic E-state index is -0.397. The highest BCUT2D eigenvalue weighted by atomic mass is 16.1. The average molecular weight is 444 g/mol. The van der Waals surface area contributed by atoms with Crippen molar-refractivity contribution in [1.82, 2.24) is 24.8 Å². The first kappa shape index (κ1) is 22.0. The number of likely N-dealkylation sites (tertiary alicyclic amines) is 1. The van der Waals surface area contributed by atoms with Crippen molar-refractivity contribution in [2.24, 2.45) is 0 Å². The molecule has 1 saturated heterocycles. The molecule has 9 nitrogen and oxygen atoms in total. The van der Waals surface area contributed by atoms with Gasteiger partial charge in [0.2, 0.25) is 12.4 Å². The molecule has 168 valence electrons. The zero-order chi connectivity index (χ0) is 23.4. The van der Waals surface area contributed by atoms with Gasteiger partial charge in [0.15, 0.2) is 0 Å². The number of anilines is 2. The van der Waals surface area contributed by atoms with Crippen LogP contribution in [0.25, 0.3) is 11.3 Å². The molecule has 4 rings (SSSR count). The van der Waals surface area contributed by atoms with E-state index in [0.29, 0.717) is 37.6 Å². The van der Waals surface area contributed by atoms with E-state index in [4.69, 9.17) is 0 Å². The van der Waals surface area contributed by atoms with E-state index in [-0.39, 0.29) is 5.91 Å². The molecule has 33 heavy (non-hydrogen) atoms. The van der Waals surface area contributed by atoms with Gasteiger partial charge in [0, 0.05) is 55.0 Å². The summed E-state index contributed by atoms with van der Waals surface area (Å²) in [4.78, 5) is 33.7. The number of rotatable bonds is 8. The first-order chi connectivity index (χ1) is 16.0. The third kappa shape index (κ3) is 4.41. The lowest BCUT2D eigenvalue weighted by molar-refractivity contribution is -0.127. The van der Waals surface area contributed by atoms with Gasteiger partial charge >= 0.3 is 0 Å². The molecule has 0 radical (unpaired) electrons. The van der Waals surface area contributed by atoms with Gasteiger partial charge in [0.25, 0.3) is 5.91 Å². The summed E-state index contributed by atoms with van der Waals surface area (Å²) >= 11 is 0. The molecule has 1 fully saturated rings. The van der Waals surface area contributed by atoms with Crippen LogP contribution in [0.4, 0.5) is 11.6 Å². The van der Waals surface area contributed by atoms with Crippen molar-refractivity contribution in [3.05, 3.63) is 60.0 Å². The molecule has 1 aromatic carbocycles. The van der Waals surface area contributed by atoms with Crippen molar-refractivity contribution in [2.75, 3.05) is 25.0 Å². The van der Waals surface area contributed by atoms with Crippen LogP contribution < -0.4 is 10.6 Å². The van der Waals surface area contributed by atoms with Crippen LogP contribution in [-0.2, 0) is 10.3 Å². The van der Waals surface area contributed by atoms with Crippen molar-refractivity contribution >= 4 is 24.0 Å². The van der Waals surface area contributed by atoms with Crippen molar-refractivity contribution in [3.8, 4) is 17.3 Å². The van der Waals surface area contributed by atoms with Gasteiger partial charge in [-0.1, -0.05) is 0 Å². The molecular formula is C24H25N7O2. The fourth-order valence-corrected chi connectivity index (χ4v) is 4.10. The second kappa shape index (κ2) is 9.12. The summed E-state index contributed by atoms with van der Waals surface area (Å²) in [5.74, 6) is 0.342. The smallest absolute Gasteiger partial charge is 0.251 e. The third-order valence-electron chi connectivity index (χ3n) is 5.81. The average Bonchev–Trinajstić information content (AvgIpc) is 3.27. The molecule has 0 saturated carbocycles. The fourth-order valence-electron chi connectivity index (χ4n) is 4.10. The van der Waals surface area contributed by atoms with Gasteiger partial charge in [-0.3, -0.25) is 9.59 Å². The molecule has 2 amide bonds. The molecular weight excluding hydrogens is 418 g/mol. The van der Waals surface area contributed by atoms with Crippen LogP contribution in [0.5, 0.6) is 0 Å². The lowest BCUT2D eigenvalue weighted by Gasteiger charge is -2.48. The number of aryl methyl sites for hydroxylation is 1. The van der Waals surface area contributed by atoms with Crippen LogP contribution in [0, 0.1) is 18.3 Å². The van der Waals surface area contributed by atoms with Crippen LogP contribution in [0.3, 0.4) is 0 Å². The molecule has 3 aromatic rings. The zero-order valence-electron chi connectivity index (χ0n) is 18.6. The highest BCUT2D eigenvalue weighted by molar-refractivity contribution is 5.96. The monoisotopic (exact) mass is 443 g/mol. The van der Waals surface area contributed by atoms with Crippen molar-refractivity contribution in [1.29, 1.82) is 5.26 Å². The number of benzene rings is 1. The Kier molecular flexibility index (Phi) is 6.09.